The molecule has 25 heavy (non-hydrogen) atoms. The highest BCUT2D eigenvalue weighted by Gasteiger charge is 2.27. The quantitative estimate of drug-likeness (QED) is 0.607. The normalized spacial score (nSPS) is 10.8. The summed E-state index contributed by atoms with van der Waals surface area (Å²) >= 11 is 6.14. The highest BCUT2D eigenvalue weighted by Crippen LogP contribution is 2.34. The van der Waals surface area contributed by atoms with Gasteiger partial charge in [-0.25, -0.2) is 9.59 Å². The molecule has 0 aromatic carbocycles. The van der Waals surface area contributed by atoms with Gasteiger partial charge in [-0.2, -0.15) is 0 Å². The van der Waals surface area contributed by atoms with Crippen LogP contribution in [-0.2, 0) is 14.3 Å². The standard InChI is InChI=1S/C16H22N2O5S2/c1-7-23-12(19)9-8(2)10(13(20)22-6)25-11(9)17-15(24)18-14(21)16(3,4)5/h7H2,1-6H3,(H2,17,18,21,24). The number of esters is 2. The Bertz CT molecular complexity index is 704. The number of methoxy groups -OCH3 is 1. The lowest BCUT2D eigenvalue weighted by atomic mass is 9.96. The predicted octanol–water partition coefficient (Wildman–Crippen LogP) is 2.88. The molecule has 1 heterocycles. The number of nitrogens with one attached hydrogen (secondary N) is 2. The highest BCUT2D eigenvalue weighted by molar-refractivity contribution is 7.80. The van der Waals surface area contributed by atoms with Crippen molar-refractivity contribution in [3.05, 3.63) is 16.0 Å². The Labute approximate surface area is 156 Å². The van der Waals surface area contributed by atoms with Crippen LogP contribution in [0.15, 0.2) is 0 Å². The summed E-state index contributed by atoms with van der Waals surface area (Å²) in [6, 6.07) is 0. The Morgan fingerprint density at radius 1 is 1.20 bits per heavy atom. The third kappa shape index (κ3) is 5.23. The van der Waals surface area contributed by atoms with E-state index in [1.54, 1.807) is 34.6 Å². The van der Waals surface area contributed by atoms with Gasteiger partial charge in [0.2, 0.25) is 5.91 Å². The SMILES string of the molecule is CCOC(=O)c1c(NC(=S)NC(=O)C(C)(C)C)sc(C(=O)OC)c1C. The van der Waals surface area contributed by atoms with Gasteiger partial charge in [0, 0.05) is 5.41 Å². The number of thiocarbonyl (C=S) groups is 1. The first-order chi connectivity index (χ1) is 11.5. The zero-order valence-corrected chi connectivity index (χ0v) is 16.7. The maximum atomic E-state index is 12.2. The average molecular weight is 386 g/mol. The van der Waals surface area contributed by atoms with E-state index in [0.717, 1.165) is 11.3 Å². The van der Waals surface area contributed by atoms with Crippen molar-refractivity contribution in [1.29, 1.82) is 0 Å². The minimum Gasteiger partial charge on any atom is -0.465 e. The van der Waals surface area contributed by atoms with Gasteiger partial charge >= 0.3 is 11.9 Å². The zero-order chi connectivity index (χ0) is 19.4. The van der Waals surface area contributed by atoms with Gasteiger partial charge in [0.05, 0.1) is 19.3 Å². The third-order valence-corrected chi connectivity index (χ3v) is 4.52. The van der Waals surface area contributed by atoms with Crippen LogP contribution in [0, 0.1) is 12.3 Å². The van der Waals surface area contributed by atoms with Crippen molar-refractivity contribution in [2.24, 2.45) is 5.41 Å². The number of hydrogen-bond acceptors (Lipinski definition) is 7. The van der Waals surface area contributed by atoms with Crippen LogP contribution in [0.2, 0.25) is 0 Å². The smallest absolute Gasteiger partial charge is 0.348 e. The lowest BCUT2D eigenvalue weighted by Crippen LogP contribution is -2.41. The number of carbonyl (C=O) groups is 3. The summed E-state index contributed by atoms with van der Waals surface area (Å²) in [6.07, 6.45) is 0. The van der Waals surface area contributed by atoms with Gasteiger partial charge in [-0.05, 0) is 31.6 Å². The molecule has 9 heteroatoms. The first-order valence-electron chi connectivity index (χ1n) is 7.54. The Kier molecular flexibility index (Phi) is 7.06. The minimum absolute atomic E-state index is 0.0307. The van der Waals surface area contributed by atoms with Crippen LogP contribution >= 0.6 is 23.6 Å². The number of rotatable bonds is 4. The van der Waals surface area contributed by atoms with Gasteiger partial charge in [-0.1, -0.05) is 20.8 Å². The molecule has 0 bridgehead atoms. The van der Waals surface area contributed by atoms with E-state index < -0.39 is 17.4 Å². The van der Waals surface area contributed by atoms with E-state index in [2.05, 4.69) is 10.6 Å². The monoisotopic (exact) mass is 386 g/mol. The number of amides is 1. The van der Waals surface area contributed by atoms with Gasteiger partial charge in [0.1, 0.15) is 9.88 Å². The lowest BCUT2D eigenvalue weighted by Gasteiger charge is -2.18. The van der Waals surface area contributed by atoms with Crippen molar-refractivity contribution in [2.45, 2.75) is 34.6 Å². The zero-order valence-electron chi connectivity index (χ0n) is 15.1. The van der Waals surface area contributed by atoms with Crippen LogP contribution < -0.4 is 10.6 Å². The second-order valence-electron chi connectivity index (χ2n) is 6.13. The number of thiophene rings is 1. The van der Waals surface area contributed by atoms with Crippen LogP contribution in [-0.4, -0.2) is 36.7 Å². The van der Waals surface area contributed by atoms with E-state index in [9.17, 15) is 14.4 Å². The molecule has 0 saturated carbocycles. The molecule has 0 saturated heterocycles. The second-order valence-corrected chi connectivity index (χ2v) is 7.56. The van der Waals surface area contributed by atoms with Gasteiger partial charge in [-0.15, -0.1) is 11.3 Å². The van der Waals surface area contributed by atoms with Crippen molar-refractivity contribution in [1.82, 2.24) is 5.32 Å². The molecule has 0 unspecified atom stereocenters. The molecule has 0 atom stereocenters. The molecule has 1 amide bonds. The van der Waals surface area contributed by atoms with Crippen LogP contribution in [0.5, 0.6) is 0 Å². The molecule has 0 aliphatic heterocycles. The van der Waals surface area contributed by atoms with Crippen LogP contribution in [0.4, 0.5) is 5.00 Å². The fourth-order valence-electron chi connectivity index (χ4n) is 1.76. The Morgan fingerprint density at radius 2 is 1.80 bits per heavy atom. The summed E-state index contributed by atoms with van der Waals surface area (Å²) in [5, 5.41) is 5.71. The molecule has 1 rings (SSSR count). The summed E-state index contributed by atoms with van der Waals surface area (Å²) < 4.78 is 9.77. The van der Waals surface area contributed by atoms with E-state index in [-0.39, 0.29) is 28.1 Å². The van der Waals surface area contributed by atoms with E-state index in [0.29, 0.717) is 10.6 Å². The molecular weight excluding hydrogens is 364 g/mol. The topological polar surface area (TPSA) is 93.7 Å². The summed E-state index contributed by atoms with van der Waals surface area (Å²) in [6.45, 7) is 8.74. The maximum Gasteiger partial charge on any atom is 0.348 e. The predicted molar refractivity (Wildman–Crippen MR) is 100 cm³/mol. The number of anilines is 1. The fourth-order valence-corrected chi connectivity index (χ4v) is 3.14. The fraction of sp³-hybridized carbons (Fsp3) is 0.500. The number of ether oxygens (including phenoxy) is 2. The van der Waals surface area contributed by atoms with Crippen LogP contribution in [0.3, 0.4) is 0 Å². The Hall–Kier alpha value is -2.00. The summed E-state index contributed by atoms with van der Waals surface area (Å²) in [4.78, 5) is 36.4. The van der Waals surface area contributed by atoms with Crippen molar-refractivity contribution >= 4 is 51.5 Å². The second kappa shape index (κ2) is 8.39. The van der Waals surface area contributed by atoms with Gasteiger partial charge in [0.25, 0.3) is 0 Å². The first-order valence-corrected chi connectivity index (χ1v) is 8.76. The van der Waals surface area contributed by atoms with Gasteiger partial charge in [0.15, 0.2) is 5.11 Å². The Balaban J connectivity index is 3.16. The molecule has 0 radical (unpaired) electrons. The molecule has 1 aromatic heterocycles. The van der Waals surface area contributed by atoms with Crippen LogP contribution in [0.25, 0.3) is 0 Å². The van der Waals surface area contributed by atoms with E-state index >= 15 is 0 Å². The maximum absolute atomic E-state index is 12.2. The number of hydrogen-bond donors (Lipinski definition) is 2. The lowest BCUT2D eigenvalue weighted by molar-refractivity contribution is -0.126. The van der Waals surface area contributed by atoms with E-state index in [4.69, 9.17) is 21.7 Å². The molecule has 138 valence electrons. The molecule has 2 N–H and O–H groups in total. The molecule has 0 aliphatic carbocycles. The van der Waals surface area contributed by atoms with Gasteiger partial charge in [-0.3, -0.25) is 4.79 Å². The molecule has 0 aliphatic rings. The van der Waals surface area contributed by atoms with Crippen molar-refractivity contribution in [3.63, 3.8) is 0 Å². The van der Waals surface area contributed by atoms with E-state index in [1.807, 2.05) is 0 Å². The Morgan fingerprint density at radius 3 is 2.28 bits per heavy atom. The minimum atomic E-state index is -0.627. The van der Waals surface area contributed by atoms with Crippen molar-refractivity contribution < 1.29 is 23.9 Å². The molecule has 0 fully saturated rings. The molecule has 7 nitrogen and oxygen atoms in total. The highest BCUT2D eigenvalue weighted by atomic mass is 32.1. The molecule has 0 spiro atoms. The molecule has 1 aromatic rings. The summed E-state index contributed by atoms with van der Waals surface area (Å²) in [5.41, 5.74) is 0.000449. The first kappa shape index (κ1) is 21.0. The third-order valence-electron chi connectivity index (χ3n) is 3.13. The van der Waals surface area contributed by atoms with E-state index in [1.165, 1.54) is 7.11 Å². The average Bonchev–Trinajstić information content (AvgIpc) is 2.82. The van der Waals surface area contributed by atoms with Crippen LogP contribution in [0.1, 0.15) is 53.3 Å². The van der Waals surface area contributed by atoms with Crippen molar-refractivity contribution in [3.8, 4) is 0 Å². The van der Waals surface area contributed by atoms with Gasteiger partial charge < -0.3 is 20.1 Å². The number of carbonyl (C=O) groups excluding carboxylic acids is 3. The summed E-state index contributed by atoms with van der Waals surface area (Å²) in [5.74, 6) is -1.42. The largest absolute Gasteiger partial charge is 0.465 e. The van der Waals surface area contributed by atoms with Crippen molar-refractivity contribution in [2.75, 3.05) is 19.0 Å². The summed E-state index contributed by atoms with van der Waals surface area (Å²) in [7, 11) is 1.26. The molecular formula is C16H22N2O5S2.